The lowest BCUT2D eigenvalue weighted by molar-refractivity contribution is -0.137. The number of hydrogen-bond acceptors (Lipinski definition) is 2. The van der Waals surface area contributed by atoms with Crippen LogP contribution in [0.1, 0.15) is 21.7 Å². The number of imidazole rings is 1. The second-order valence-electron chi connectivity index (χ2n) is 5.27. The summed E-state index contributed by atoms with van der Waals surface area (Å²) >= 11 is 11.9. The molecule has 0 fully saturated rings. The number of benzene rings is 1. The van der Waals surface area contributed by atoms with Crippen LogP contribution in [0, 0.1) is 6.92 Å². The smallest absolute Gasteiger partial charge is 0.319 e. The van der Waals surface area contributed by atoms with Gasteiger partial charge < -0.3 is 5.32 Å². The van der Waals surface area contributed by atoms with Gasteiger partial charge in [-0.3, -0.25) is 9.20 Å². The van der Waals surface area contributed by atoms with Crippen molar-refractivity contribution >= 4 is 40.4 Å². The van der Waals surface area contributed by atoms with Gasteiger partial charge in [-0.2, -0.15) is 13.2 Å². The Morgan fingerprint density at radius 1 is 1.20 bits per heavy atom. The molecule has 1 N–H and O–H groups in total. The maximum atomic E-state index is 12.9. The molecular weight excluding hydrogens is 378 g/mol. The molecule has 0 saturated heterocycles. The number of pyridine rings is 1. The van der Waals surface area contributed by atoms with Gasteiger partial charge in [0, 0.05) is 11.2 Å². The molecule has 4 nitrogen and oxygen atoms in total. The minimum Gasteiger partial charge on any atom is -0.319 e. The average Bonchev–Trinajstić information content (AvgIpc) is 2.85. The number of alkyl halides is 3. The zero-order chi connectivity index (χ0) is 18.4. The topological polar surface area (TPSA) is 46.4 Å². The fraction of sp³-hybridized carbons (Fsp3) is 0.125. The van der Waals surface area contributed by atoms with Crippen LogP contribution in [0.4, 0.5) is 18.9 Å². The van der Waals surface area contributed by atoms with Gasteiger partial charge >= 0.3 is 6.18 Å². The number of aromatic nitrogens is 2. The van der Waals surface area contributed by atoms with E-state index in [0.29, 0.717) is 5.02 Å². The number of amides is 1. The Hall–Kier alpha value is -2.25. The summed E-state index contributed by atoms with van der Waals surface area (Å²) in [6.45, 7) is 1.54. The van der Waals surface area contributed by atoms with Gasteiger partial charge in [-0.05, 0) is 37.3 Å². The molecule has 0 saturated carbocycles. The molecule has 0 spiro atoms. The van der Waals surface area contributed by atoms with Crippen molar-refractivity contribution in [2.75, 3.05) is 5.32 Å². The number of anilines is 1. The Kier molecular flexibility index (Phi) is 4.38. The molecule has 2 heterocycles. The number of halogens is 5. The van der Waals surface area contributed by atoms with Gasteiger partial charge in [0.1, 0.15) is 11.3 Å². The molecule has 1 aromatic carbocycles. The molecule has 0 unspecified atom stereocenters. The number of carbonyl (C=O) groups excluding carboxylic acids is 1. The van der Waals surface area contributed by atoms with E-state index in [9.17, 15) is 18.0 Å². The van der Waals surface area contributed by atoms with E-state index in [4.69, 9.17) is 23.2 Å². The molecule has 0 aliphatic heterocycles. The number of nitrogens with one attached hydrogen (secondary N) is 1. The predicted octanol–water partition coefficient (Wildman–Crippen LogP) is 5.22. The summed E-state index contributed by atoms with van der Waals surface area (Å²) < 4.78 is 39.9. The second kappa shape index (κ2) is 6.24. The van der Waals surface area contributed by atoms with Crippen molar-refractivity contribution in [3.8, 4) is 0 Å². The predicted molar refractivity (Wildman–Crippen MR) is 89.3 cm³/mol. The Morgan fingerprint density at radius 2 is 1.92 bits per heavy atom. The average molecular weight is 388 g/mol. The Balaban J connectivity index is 2.06. The first kappa shape index (κ1) is 17.6. The van der Waals surface area contributed by atoms with Gasteiger partial charge in [0.2, 0.25) is 0 Å². The zero-order valence-electron chi connectivity index (χ0n) is 12.7. The largest absolute Gasteiger partial charge is 0.417 e. The summed E-state index contributed by atoms with van der Waals surface area (Å²) in [5.74, 6) is -0.645. The molecule has 0 bridgehead atoms. The number of aryl methyl sites for hydroxylation is 1. The van der Waals surface area contributed by atoms with Crippen molar-refractivity contribution in [2.45, 2.75) is 13.1 Å². The van der Waals surface area contributed by atoms with E-state index in [-0.39, 0.29) is 27.7 Å². The Bertz CT molecular complexity index is 983. The van der Waals surface area contributed by atoms with Crippen molar-refractivity contribution in [1.29, 1.82) is 0 Å². The van der Waals surface area contributed by atoms with Crippen molar-refractivity contribution in [3.63, 3.8) is 0 Å². The molecule has 0 atom stereocenters. The number of fused-ring (bicyclic) bond motifs is 1. The zero-order valence-corrected chi connectivity index (χ0v) is 14.2. The summed E-state index contributed by atoms with van der Waals surface area (Å²) in [6, 6.07) is 6.62. The monoisotopic (exact) mass is 387 g/mol. The van der Waals surface area contributed by atoms with Gasteiger partial charge in [-0.15, -0.1) is 0 Å². The molecule has 3 aromatic rings. The van der Waals surface area contributed by atoms with Crippen LogP contribution in [0.3, 0.4) is 0 Å². The maximum Gasteiger partial charge on any atom is 0.417 e. The molecule has 130 valence electrons. The van der Waals surface area contributed by atoms with Gasteiger partial charge in [-0.1, -0.05) is 23.2 Å². The van der Waals surface area contributed by atoms with E-state index in [1.165, 1.54) is 25.1 Å². The first-order chi connectivity index (χ1) is 11.7. The highest BCUT2D eigenvalue weighted by Gasteiger charge is 2.31. The molecule has 0 aliphatic rings. The van der Waals surface area contributed by atoms with Crippen molar-refractivity contribution in [1.82, 2.24) is 9.38 Å². The third-order valence-corrected chi connectivity index (χ3v) is 4.08. The van der Waals surface area contributed by atoms with Crippen LogP contribution >= 0.6 is 23.2 Å². The van der Waals surface area contributed by atoms with Crippen LogP contribution < -0.4 is 5.32 Å². The number of hydrogen-bond donors (Lipinski definition) is 1. The van der Waals surface area contributed by atoms with Crippen LogP contribution in [-0.4, -0.2) is 15.3 Å². The highest BCUT2D eigenvalue weighted by molar-refractivity contribution is 6.35. The molecule has 3 rings (SSSR count). The lowest BCUT2D eigenvalue weighted by Crippen LogP contribution is -2.16. The highest BCUT2D eigenvalue weighted by Crippen LogP contribution is 2.30. The fourth-order valence-corrected chi connectivity index (χ4v) is 2.72. The molecular formula is C16H10Cl2F3N3O. The molecule has 25 heavy (non-hydrogen) atoms. The molecule has 2 aromatic heterocycles. The van der Waals surface area contributed by atoms with Crippen LogP contribution in [0.15, 0.2) is 36.5 Å². The van der Waals surface area contributed by atoms with Gasteiger partial charge in [0.15, 0.2) is 0 Å². The van der Waals surface area contributed by atoms with Crippen LogP contribution in [0.2, 0.25) is 10.0 Å². The van der Waals surface area contributed by atoms with Gasteiger partial charge in [-0.25, -0.2) is 4.98 Å². The maximum absolute atomic E-state index is 12.9. The van der Waals surface area contributed by atoms with E-state index in [0.717, 1.165) is 16.7 Å². The Morgan fingerprint density at radius 3 is 2.60 bits per heavy atom. The first-order valence-electron chi connectivity index (χ1n) is 6.99. The fourth-order valence-electron chi connectivity index (χ4n) is 2.38. The summed E-state index contributed by atoms with van der Waals surface area (Å²) in [7, 11) is 0. The quantitative estimate of drug-likeness (QED) is 0.654. The highest BCUT2D eigenvalue weighted by atomic mass is 35.5. The first-order valence-corrected chi connectivity index (χ1v) is 7.74. The van der Waals surface area contributed by atoms with Crippen molar-refractivity contribution in [2.24, 2.45) is 0 Å². The van der Waals surface area contributed by atoms with E-state index in [1.807, 2.05) is 0 Å². The standard InChI is InChI=1S/C16H10Cl2F3N3O/c1-8-14(15(25)23-12-6-10(17)3-4-11(12)18)24-7-9(16(19,20)21)2-5-13(24)22-8/h2-7H,1H3,(H,23,25). The van der Waals surface area contributed by atoms with Crippen LogP contribution in [0.5, 0.6) is 0 Å². The van der Waals surface area contributed by atoms with Crippen LogP contribution in [0.25, 0.3) is 5.65 Å². The molecule has 9 heteroatoms. The van der Waals surface area contributed by atoms with E-state index in [1.54, 1.807) is 6.07 Å². The summed E-state index contributed by atoms with van der Waals surface area (Å²) in [4.78, 5) is 16.7. The second-order valence-corrected chi connectivity index (χ2v) is 6.11. The van der Waals surface area contributed by atoms with E-state index in [2.05, 4.69) is 10.3 Å². The van der Waals surface area contributed by atoms with Gasteiger partial charge in [0.05, 0.1) is 22.0 Å². The molecule has 0 radical (unpaired) electrons. The van der Waals surface area contributed by atoms with Crippen LogP contribution in [-0.2, 0) is 6.18 Å². The van der Waals surface area contributed by atoms with Crippen molar-refractivity contribution in [3.05, 3.63) is 63.5 Å². The normalized spacial score (nSPS) is 11.8. The summed E-state index contributed by atoms with van der Waals surface area (Å²) in [6.07, 6.45) is -3.69. The Labute approximate surface area is 150 Å². The third kappa shape index (κ3) is 3.43. The SMILES string of the molecule is Cc1nc2ccc(C(F)(F)F)cn2c1C(=O)Nc1cc(Cl)ccc1Cl. The minimum absolute atomic E-state index is 0.0165. The van der Waals surface area contributed by atoms with E-state index < -0.39 is 17.6 Å². The number of rotatable bonds is 2. The molecule has 1 amide bonds. The number of carbonyl (C=O) groups is 1. The minimum atomic E-state index is -4.53. The van der Waals surface area contributed by atoms with E-state index >= 15 is 0 Å². The van der Waals surface area contributed by atoms with Gasteiger partial charge in [0.25, 0.3) is 5.91 Å². The van der Waals surface area contributed by atoms with Crippen molar-refractivity contribution < 1.29 is 18.0 Å². The lowest BCUT2D eigenvalue weighted by Gasteiger charge is -2.10. The third-order valence-electron chi connectivity index (χ3n) is 3.51. The number of nitrogens with zero attached hydrogens (tertiary/aromatic N) is 2. The molecule has 0 aliphatic carbocycles. The summed E-state index contributed by atoms with van der Waals surface area (Å²) in [5.41, 5.74) is -0.132. The summed E-state index contributed by atoms with van der Waals surface area (Å²) in [5, 5.41) is 3.15. The lowest BCUT2D eigenvalue weighted by atomic mass is 10.2.